The van der Waals surface area contributed by atoms with E-state index in [2.05, 4.69) is 26.2 Å². The molecule has 0 saturated heterocycles. The Kier molecular flexibility index (Phi) is 6.33. The lowest BCUT2D eigenvalue weighted by molar-refractivity contribution is 0.00819. The molecule has 0 atom stereocenters. The number of hydrogen-bond donors (Lipinski definition) is 0. The molecule has 0 fully saturated rings. The SMILES string of the molecule is C[Si](C)(C)C.FC(F)F. The summed E-state index contributed by atoms with van der Waals surface area (Å²) in [6.45, 7) is 5.64. The van der Waals surface area contributed by atoms with Crippen LogP contribution >= 0.6 is 0 Å². The molecule has 0 heterocycles. The van der Waals surface area contributed by atoms with E-state index in [1.165, 1.54) is 0 Å². The normalized spacial score (nSPS) is 10.7. The van der Waals surface area contributed by atoms with E-state index in [9.17, 15) is 13.2 Å². The van der Waals surface area contributed by atoms with Gasteiger partial charge in [0.2, 0.25) is 0 Å². The van der Waals surface area contributed by atoms with Crippen LogP contribution in [0.5, 0.6) is 0 Å². The van der Waals surface area contributed by atoms with Crippen molar-refractivity contribution in [2.24, 2.45) is 0 Å². The van der Waals surface area contributed by atoms with Gasteiger partial charge in [-0.05, 0) is 0 Å². The fourth-order valence-corrected chi connectivity index (χ4v) is 0. The summed E-state index contributed by atoms with van der Waals surface area (Å²) in [5.74, 6) is 0. The molecule has 0 aliphatic carbocycles. The van der Waals surface area contributed by atoms with Crippen LogP contribution in [0.2, 0.25) is 26.2 Å². The lowest BCUT2D eigenvalue weighted by Gasteiger charge is -2.01. The highest BCUT2D eigenvalue weighted by Gasteiger charge is 1.99. The smallest absolute Gasteiger partial charge is 0.174 e. The number of halogens is 3. The first-order valence-electron chi connectivity index (χ1n) is 2.65. The second kappa shape index (κ2) is 4.85. The van der Waals surface area contributed by atoms with Crippen LogP contribution < -0.4 is 0 Å². The molecular weight excluding hydrogens is 145 g/mol. The zero-order valence-electron chi connectivity index (χ0n) is 6.21. The maximum Gasteiger partial charge on any atom is 0.379 e. The van der Waals surface area contributed by atoms with Gasteiger partial charge in [0.1, 0.15) is 0 Å². The summed E-state index contributed by atoms with van der Waals surface area (Å²) < 4.78 is 29.0. The molecule has 0 spiro atoms. The summed E-state index contributed by atoms with van der Waals surface area (Å²) in [4.78, 5) is 0. The summed E-state index contributed by atoms with van der Waals surface area (Å²) in [5.41, 5.74) is 0. The molecule has 0 aromatic rings. The van der Waals surface area contributed by atoms with Crippen LogP contribution in [0.4, 0.5) is 13.2 Å². The molecule has 0 nitrogen and oxygen atoms in total. The van der Waals surface area contributed by atoms with Gasteiger partial charge in [-0.2, -0.15) is 13.2 Å². The van der Waals surface area contributed by atoms with Crippen LogP contribution in [0, 0.1) is 0 Å². The van der Waals surface area contributed by atoms with Crippen molar-refractivity contribution in [2.45, 2.75) is 32.9 Å². The second-order valence-corrected chi connectivity index (χ2v) is 9.25. The number of alkyl halides is 3. The number of rotatable bonds is 0. The van der Waals surface area contributed by atoms with Crippen molar-refractivity contribution in [1.82, 2.24) is 0 Å². The van der Waals surface area contributed by atoms with Gasteiger partial charge in [-0.1, -0.05) is 26.2 Å². The maximum absolute atomic E-state index is 9.67. The van der Waals surface area contributed by atoms with Crippen molar-refractivity contribution in [3.63, 3.8) is 0 Å². The Labute approximate surface area is 55.1 Å². The molecule has 0 amide bonds. The minimum Gasteiger partial charge on any atom is -0.174 e. The van der Waals surface area contributed by atoms with Crippen LogP contribution in [0.3, 0.4) is 0 Å². The Balaban J connectivity index is 0. The standard InChI is InChI=1S/C4H12Si.CHF3/c1-5(2,3)4;2-1(3)4/h1-4H3;1H. The molecule has 58 valence electrons. The molecule has 0 rings (SSSR count). The van der Waals surface area contributed by atoms with E-state index in [4.69, 9.17) is 0 Å². The molecule has 0 aliphatic rings. The van der Waals surface area contributed by atoms with Crippen LogP contribution in [-0.4, -0.2) is 14.8 Å². The average Bonchev–Trinajstić information content (AvgIpc) is 1.19. The van der Waals surface area contributed by atoms with Crippen molar-refractivity contribution in [3.05, 3.63) is 0 Å². The Morgan fingerprint density at radius 2 is 0.889 bits per heavy atom. The maximum atomic E-state index is 9.67. The lowest BCUT2D eigenvalue weighted by atomic mass is 11.6. The van der Waals surface area contributed by atoms with Crippen LogP contribution in [-0.2, 0) is 0 Å². The molecule has 9 heavy (non-hydrogen) atoms. The topological polar surface area (TPSA) is 0 Å². The molecule has 0 unspecified atom stereocenters. The Hall–Kier alpha value is 0.00688. The van der Waals surface area contributed by atoms with E-state index in [-0.39, 0.29) is 0 Å². The third-order valence-electron chi connectivity index (χ3n) is 0. The van der Waals surface area contributed by atoms with E-state index in [0.29, 0.717) is 0 Å². The Morgan fingerprint density at radius 3 is 0.889 bits per heavy atom. The van der Waals surface area contributed by atoms with Crippen molar-refractivity contribution in [3.8, 4) is 0 Å². The van der Waals surface area contributed by atoms with Crippen molar-refractivity contribution in [1.29, 1.82) is 0 Å². The van der Waals surface area contributed by atoms with Gasteiger partial charge in [0, 0.05) is 8.07 Å². The second-order valence-electron chi connectivity index (χ2n) is 3.25. The van der Waals surface area contributed by atoms with Crippen LogP contribution in [0.15, 0.2) is 0 Å². The van der Waals surface area contributed by atoms with Gasteiger partial charge in [0.15, 0.2) is 0 Å². The highest BCUT2D eigenvalue weighted by molar-refractivity contribution is 6.74. The van der Waals surface area contributed by atoms with Gasteiger partial charge < -0.3 is 0 Å². The first kappa shape index (κ1) is 11.8. The van der Waals surface area contributed by atoms with Gasteiger partial charge in [-0.25, -0.2) is 0 Å². The van der Waals surface area contributed by atoms with E-state index in [0.717, 1.165) is 0 Å². The molecule has 0 bridgehead atoms. The van der Waals surface area contributed by atoms with Gasteiger partial charge in [0.25, 0.3) is 0 Å². The molecule has 0 N–H and O–H groups in total. The summed E-state index contributed by atoms with van der Waals surface area (Å²) in [6.07, 6.45) is 0. The molecule has 0 aromatic heterocycles. The van der Waals surface area contributed by atoms with Crippen molar-refractivity contribution >= 4 is 8.07 Å². The molecular formula is C5H13F3Si. The minimum atomic E-state index is -3.67. The average molecular weight is 158 g/mol. The largest absolute Gasteiger partial charge is 0.379 e. The Bertz CT molecular complexity index is 49.0. The monoisotopic (exact) mass is 158 g/mol. The van der Waals surface area contributed by atoms with Crippen molar-refractivity contribution < 1.29 is 13.2 Å². The van der Waals surface area contributed by atoms with Gasteiger partial charge in [-0.15, -0.1) is 0 Å². The molecule has 0 aromatic carbocycles. The van der Waals surface area contributed by atoms with Crippen molar-refractivity contribution in [2.75, 3.05) is 0 Å². The zero-order chi connectivity index (χ0) is 8.08. The number of hydrogen-bond acceptors (Lipinski definition) is 0. The molecule has 0 aliphatic heterocycles. The predicted octanol–water partition coefficient (Wildman–Crippen LogP) is 3.13. The van der Waals surface area contributed by atoms with Gasteiger partial charge >= 0.3 is 6.68 Å². The lowest BCUT2D eigenvalue weighted by Crippen LogP contribution is -2.10. The molecule has 4 heteroatoms. The van der Waals surface area contributed by atoms with Crippen LogP contribution in [0.1, 0.15) is 0 Å². The third-order valence-corrected chi connectivity index (χ3v) is 0. The first-order chi connectivity index (χ1) is 3.73. The highest BCUT2D eigenvalue weighted by atomic mass is 28.3. The summed E-state index contributed by atoms with van der Waals surface area (Å²) >= 11 is 0. The first-order valence-corrected chi connectivity index (χ1v) is 6.65. The molecule has 0 saturated carbocycles. The minimum absolute atomic E-state index is 0.611. The predicted molar refractivity (Wildman–Crippen MR) is 36.3 cm³/mol. The van der Waals surface area contributed by atoms with E-state index < -0.39 is 14.8 Å². The summed E-state index contributed by atoms with van der Waals surface area (Å²) in [5, 5.41) is 0. The fourth-order valence-electron chi connectivity index (χ4n) is 0. The van der Waals surface area contributed by atoms with Gasteiger partial charge in [-0.3, -0.25) is 0 Å². The van der Waals surface area contributed by atoms with E-state index in [1.54, 1.807) is 0 Å². The Morgan fingerprint density at radius 1 is 0.889 bits per heavy atom. The molecule has 0 radical (unpaired) electrons. The summed E-state index contributed by atoms with van der Waals surface area (Å²) in [6, 6.07) is 0. The highest BCUT2D eigenvalue weighted by Crippen LogP contribution is 1.94. The van der Waals surface area contributed by atoms with Crippen LogP contribution in [0.25, 0.3) is 0 Å². The van der Waals surface area contributed by atoms with E-state index in [1.807, 2.05) is 0 Å². The quantitative estimate of drug-likeness (QED) is 0.475. The fraction of sp³-hybridized carbons (Fsp3) is 1.00. The zero-order valence-corrected chi connectivity index (χ0v) is 7.21. The third kappa shape index (κ3) is 6100000. The van der Waals surface area contributed by atoms with E-state index >= 15 is 0 Å². The van der Waals surface area contributed by atoms with Gasteiger partial charge in [0.05, 0.1) is 0 Å². The summed E-state index contributed by atoms with van der Waals surface area (Å²) in [7, 11) is -0.611.